The molecule has 0 unspecified atom stereocenters. The van der Waals surface area contributed by atoms with E-state index in [1.54, 1.807) is 0 Å². The molecule has 3 N–H and O–H groups in total. The van der Waals surface area contributed by atoms with E-state index in [9.17, 15) is 24.9 Å². The van der Waals surface area contributed by atoms with Crippen LogP contribution in [0.25, 0.3) is 0 Å². The molecule has 0 aromatic carbocycles. The Labute approximate surface area is 154 Å². The predicted molar refractivity (Wildman–Crippen MR) is 95.2 cm³/mol. The maximum absolute atomic E-state index is 12.4. The van der Waals surface area contributed by atoms with Crippen LogP contribution in [0.3, 0.4) is 0 Å². The third-order valence-electron chi connectivity index (χ3n) is 8.70. The van der Waals surface area contributed by atoms with Crippen molar-refractivity contribution in [1.82, 2.24) is 0 Å². The average Bonchev–Trinajstić information content (AvgIpc) is 2.96. The maximum atomic E-state index is 12.4. The number of carbonyl (C=O) groups excluding carboxylic acids is 2. The predicted octanol–water partition coefficient (Wildman–Crippen LogP) is 1.78. The lowest BCUT2D eigenvalue weighted by molar-refractivity contribution is -0.177. The largest absolute Gasteiger partial charge is 0.396 e. The Kier molecular flexibility index (Phi) is 4.22. The van der Waals surface area contributed by atoms with Crippen LogP contribution < -0.4 is 0 Å². The van der Waals surface area contributed by atoms with Crippen molar-refractivity contribution in [2.45, 2.75) is 63.9 Å². The van der Waals surface area contributed by atoms with Gasteiger partial charge < -0.3 is 15.3 Å². The van der Waals surface area contributed by atoms with Crippen LogP contribution in [0, 0.1) is 28.6 Å². The molecule has 6 atom stereocenters. The zero-order valence-corrected chi connectivity index (χ0v) is 15.5. The number of carbonyl (C=O) groups is 2. The first-order chi connectivity index (χ1) is 12.3. The molecule has 5 heteroatoms. The normalized spacial score (nSPS) is 47.6. The SMILES string of the molecule is C[C@]12CCC(=O)C=C1CC[C@H]1[C@@H]3CC[C@](O)(C(=O)CO)[C@@]3(CO)CC[C@@H]12. The van der Waals surface area contributed by atoms with E-state index in [4.69, 9.17) is 0 Å². The van der Waals surface area contributed by atoms with E-state index in [2.05, 4.69) is 6.92 Å². The number of aliphatic hydroxyl groups excluding tert-OH is 2. The maximum Gasteiger partial charge on any atom is 0.190 e. The molecule has 0 radical (unpaired) electrons. The summed E-state index contributed by atoms with van der Waals surface area (Å²) in [6.45, 7) is 1.40. The van der Waals surface area contributed by atoms with Crippen molar-refractivity contribution in [2.24, 2.45) is 28.6 Å². The fourth-order valence-corrected chi connectivity index (χ4v) is 7.27. The standard InChI is InChI=1S/C21H30O5/c1-19-7-4-14(24)10-13(19)2-3-15-16(19)5-8-20(12-23)17(15)6-9-21(20,26)18(25)11-22/h10,15-17,22-23,26H,2-9,11-12H2,1H3/t15-,16+,17+,19+,20-,21+/m1/s1. The first-order valence-electron chi connectivity index (χ1n) is 10.0. The van der Waals surface area contributed by atoms with Crippen molar-refractivity contribution < 1.29 is 24.9 Å². The third kappa shape index (κ3) is 2.14. The van der Waals surface area contributed by atoms with E-state index in [1.807, 2.05) is 6.08 Å². The summed E-state index contributed by atoms with van der Waals surface area (Å²) in [6, 6.07) is 0. The number of Topliss-reactive ketones (excluding diaryl/α,β-unsaturated/α-hetero) is 1. The highest BCUT2D eigenvalue weighted by atomic mass is 16.3. The van der Waals surface area contributed by atoms with E-state index < -0.39 is 23.4 Å². The van der Waals surface area contributed by atoms with Crippen LogP contribution in [-0.2, 0) is 9.59 Å². The zero-order chi connectivity index (χ0) is 18.7. The Morgan fingerprint density at radius 1 is 1.12 bits per heavy atom. The Balaban J connectivity index is 1.71. The summed E-state index contributed by atoms with van der Waals surface area (Å²) in [5.74, 6) is 0.583. The van der Waals surface area contributed by atoms with Crippen LogP contribution in [-0.4, -0.2) is 45.7 Å². The average molecular weight is 362 g/mol. The molecule has 5 nitrogen and oxygen atoms in total. The summed E-state index contributed by atoms with van der Waals surface area (Å²) in [4.78, 5) is 24.3. The molecule has 26 heavy (non-hydrogen) atoms. The second kappa shape index (κ2) is 5.98. The zero-order valence-electron chi connectivity index (χ0n) is 15.5. The fraction of sp³-hybridized carbons (Fsp3) is 0.810. The van der Waals surface area contributed by atoms with Crippen molar-refractivity contribution >= 4 is 11.6 Å². The Hall–Kier alpha value is -1.04. The van der Waals surface area contributed by atoms with Crippen molar-refractivity contribution in [1.29, 1.82) is 0 Å². The Morgan fingerprint density at radius 3 is 2.54 bits per heavy atom. The van der Waals surface area contributed by atoms with Crippen LogP contribution in [0.15, 0.2) is 11.6 Å². The second-order valence-corrected chi connectivity index (χ2v) is 9.30. The van der Waals surface area contributed by atoms with Gasteiger partial charge in [-0.05, 0) is 74.2 Å². The van der Waals surface area contributed by atoms with Gasteiger partial charge in [0, 0.05) is 11.8 Å². The van der Waals surface area contributed by atoms with E-state index in [1.165, 1.54) is 5.57 Å². The summed E-state index contributed by atoms with van der Waals surface area (Å²) in [5.41, 5.74) is -1.12. The van der Waals surface area contributed by atoms with Gasteiger partial charge in [0.1, 0.15) is 12.2 Å². The van der Waals surface area contributed by atoms with Crippen molar-refractivity contribution in [3.63, 3.8) is 0 Å². The van der Waals surface area contributed by atoms with E-state index in [0.717, 1.165) is 32.1 Å². The van der Waals surface area contributed by atoms with Gasteiger partial charge in [-0.15, -0.1) is 0 Å². The number of fused-ring (bicyclic) bond motifs is 5. The molecule has 3 saturated carbocycles. The molecule has 4 rings (SSSR count). The Morgan fingerprint density at radius 2 is 1.85 bits per heavy atom. The smallest absolute Gasteiger partial charge is 0.190 e. The van der Waals surface area contributed by atoms with Gasteiger partial charge in [0.15, 0.2) is 11.6 Å². The molecule has 0 amide bonds. The van der Waals surface area contributed by atoms with E-state index >= 15 is 0 Å². The molecule has 0 aromatic rings. The van der Waals surface area contributed by atoms with Gasteiger partial charge in [-0.3, -0.25) is 9.59 Å². The van der Waals surface area contributed by atoms with E-state index in [-0.39, 0.29) is 23.7 Å². The van der Waals surface area contributed by atoms with Crippen molar-refractivity contribution in [3.05, 3.63) is 11.6 Å². The highest BCUT2D eigenvalue weighted by molar-refractivity contribution is 5.91. The van der Waals surface area contributed by atoms with Gasteiger partial charge in [0.25, 0.3) is 0 Å². The molecule has 0 aromatic heterocycles. The van der Waals surface area contributed by atoms with Gasteiger partial charge in [-0.2, -0.15) is 0 Å². The molecule has 4 aliphatic carbocycles. The molecule has 0 bridgehead atoms. The molecule has 0 saturated heterocycles. The highest BCUT2D eigenvalue weighted by Gasteiger charge is 2.67. The molecule has 0 aliphatic heterocycles. The van der Waals surface area contributed by atoms with Gasteiger partial charge in [0.05, 0.1) is 6.61 Å². The first-order valence-corrected chi connectivity index (χ1v) is 10.0. The second-order valence-electron chi connectivity index (χ2n) is 9.30. The summed E-state index contributed by atoms with van der Waals surface area (Å²) < 4.78 is 0. The Bertz CT molecular complexity index is 669. The molecule has 4 aliphatic rings. The summed E-state index contributed by atoms with van der Waals surface area (Å²) >= 11 is 0. The monoisotopic (exact) mass is 362 g/mol. The minimum Gasteiger partial charge on any atom is -0.396 e. The highest BCUT2D eigenvalue weighted by Crippen LogP contribution is 2.67. The van der Waals surface area contributed by atoms with Gasteiger partial charge in [-0.1, -0.05) is 12.5 Å². The summed E-state index contributed by atoms with van der Waals surface area (Å²) in [6.07, 6.45) is 7.72. The van der Waals surface area contributed by atoms with Crippen LogP contribution >= 0.6 is 0 Å². The molecule has 144 valence electrons. The minimum absolute atomic E-state index is 0.0279. The first kappa shape index (κ1) is 18.3. The number of aliphatic hydroxyl groups is 3. The molecule has 0 heterocycles. The van der Waals surface area contributed by atoms with Crippen LogP contribution in [0.2, 0.25) is 0 Å². The molecule has 0 spiro atoms. The van der Waals surface area contributed by atoms with Gasteiger partial charge >= 0.3 is 0 Å². The molecule has 3 fully saturated rings. The quantitative estimate of drug-likeness (QED) is 0.711. The van der Waals surface area contributed by atoms with Crippen molar-refractivity contribution in [3.8, 4) is 0 Å². The minimum atomic E-state index is -1.61. The van der Waals surface area contributed by atoms with Gasteiger partial charge in [-0.25, -0.2) is 0 Å². The lowest BCUT2D eigenvalue weighted by Crippen LogP contribution is -2.61. The van der Waals surface area contributed by atoms with Crippen LogP contribution in [0.1, 0.15) is 58.3 Å². The van der Waals surface area contributed by atoms with Crippen LogP contribution in [0.4, 0.5) is 0 Å². The third-order valence-corrected chi connectivity index (χ3v) is 8.70. The summed E-state index contributed by atoms with van der Waals surface area (Å²) in [7, 11) is 0. The van der Waals surface area contributed by atoms with E-state index in [0.29, 0.717) is 31.1 Å². The number of ketones is 2. The number of hydrogen-bond acceptors (Lipinski definition) is 5. The molecular formula is C21H30O5. The number of allylic oxidation sites excluding steroid dienone is 1. The lowest BCUT2D eigenvalue weighted by Gasteiger charge is -2.59. The number of hydrogen-bond donors (Lipinski definition) is 3. The summed E-state index contributed by atoms with van der Waals surface area (Å²) in [5, 5.41) is 30.9. The van der Waals surface area contributed by atoms with Crippen molar-refractivity contribution in [2.75, 3.05) is 13.2 Å². The van der Waals surface area contributed by atoms with Crippen LogP contribution in [0.5, 0.6) is 0 Å². The molecular weight excluding hydrogens is 332 g/mol. The fourth-order valence-electron chi connectivity index (χ4n) is 7.27. The topological polar surface area (TPSA) is 94.8 Å². The lowest BCUT2D eigenvalue weighted by atomic mass is 9.46. The van der Waals surface area contributed by atoms with Gasteiger partial charge in [0.2, 0.25) is 0 Å². The number of rotatable bonds is 3.